The Labute approximate surface area is 172 Å². The van der Waals surface area contributed by atoms with Gasteiger partial charge in [-0.15, -0.1) is 12.4 Å². The number of nitrogens with one attached hydrogen (secondary N) is 3. The smallest absolute Gasteiger partial charge is 0.261 e. The van der Waals surface area contributed by atoms with Crippen molar-refractivity contribution in [1.82, 2.24) is 10.6 Å². The molecule has 0 aliphatic rings. The Morgan fingerprint density at radius 3 is 2.43 bits per heavy atom. The molecule has 3 N–H and O–H groups in total. The van der Waals surface area contributed by atoms with Gasteiger partial charge < -0.3 is 15.4 Å². The number of sulfonamides is 1. The molecule has 0 spiro atoms. The topological polar surface area (TPSA) is 96.5 Å². The number of benzene rings is 2. The maximum absolute atomic E-state index is 12.6. The monoisotopic (exact) mass is 427 g/mol. The van der Waals surface area contributed by atoms with Crippen molar-refractivity contribution in [3.8, 4) is 5.75 Å². The average molecular weight is 428 g/mol. The number of hydrogen-bond acceptors (Lipinski definition) is 5. The normalized spacial score (nSPS) is 10.6. The molecule has 2 aromatic carbocycles. The van der Waals surface area contributed by atoms with Crippen LogP contribution < -0.4 is 20.1 Å². The summed E-state index contributed by atoms with van der Waals surface area (Å²) in [6.07, 6.45) is 0.791. The summed E-state index contributed by atoms with van der Waals surface area (Å²) in [5.74, 6) is 0.363. The third kappa shape index (κ3) is 7.03. The first-order valence-electron chi connectivity index (χ1n) is 8.75. The van der Waals surface area contributed by atoms with Crippen molar-refractivity contribution in [1.29, 1.82) is 0 Å². The highest BCUT2D eigenvalue weighted by Gasteiger charge is 2.16. The summed E-state index contributed by atoms with van der Waals surface area (Å²) in [4.78, 5) is 12.2. The van der Waals surface area contributed by atoms with Crippen molar-refractivity contribution in [2.45, 2.75) is 18.2 Å². The predicted molar refractivity (Wildman–Crippen MR) is 113 cm³/mol. The summed E-state index contributed by atoms with van der Waals surface area (Å²) in [7, 11) is -1.96. The molecule has 0 aliphatic carbocycles. The van der Waals surface area contributed by atoms with Crippen LogP contribution >= 0.6 is 12.4 Å². The lowest BCUT2D eigenvalue weighted by atomic mass is 10.2. The van der Waals surface area contributed by atoms with Gasteiger partial charge in [-0.3, -0.25) is 9.52 Å². The summed E-state index contributed by atoms with van der Waals surface area (Å²) in [6, 6.07) is 12.6. The zero-order chi connectivity index (χ0) is 19.7. The fourth-order valence-electron chi connectivity index (χ4n) is 2.37. The van der Waals surface area contributed by atoms with Crippen LogP contribution in [0.5, 0.6) is 5.75 Å². The third-order valence-corrected chi connectivity index (χ3v) is 5.09. The molecule has 2 rings (SSSR count). The standard InChI is InChI=1S/C19H25N3O4S.ClH/c1-3-26-17-10-8-16(9-11-17)22-27(24,25)18-7-4-6-15(14-18)19(23)21-13-5-12-20-2;/h4,6-11,14,20,22H,3,5,12-13H2,1-2H3,(H,21,23);1H. The highest BCUT2D eigenvalue weighted by molar-refractivity contribution is 7.92. The van der Waals surface area contributed by atoms with Crippen molar-refractivity contribution in [2.24, 2.45) is 0 Å². The molecule has 1 amide bonds. The van der Waals surface area contributed by atoms with Crippen LogP contribution in [-0.2, 0) is 10.0 Å². The first-order valence-corrected chi connectivity index (χ1v) is 10.2. The number of amides is 1. The van der Waals surface area contributed by atoms with Crippen LogP contribution in [-0.4, -0.2) is 41.1 Å². The molecular weight excluding hydrogens is 402 g/mol. The maximum atomic E-state index is 12.6. The summed E-state index contributed by atoms with van der Waals surface area (Å²) in [5, 5.41) is 5.77. The van der Waals surface area contributed by atoms with Crippen molar-refractivity contribution in [3.63, 3.8) is 0 Å². The van der Waals surface area contributed by atoms with E-state index in [0.717, 1.165) is 13.0 Å². The van der Waals surface area contributed by atoms with Gasteiger partial charge in [-0.25, -0.2) is 8.42 Å². The van der Waals surface area contributed by atoms with Gasteiger partial charge in [-0.05, 0) is 69.4 Å². The molecule has 0 heterocycles. The third-order valence-electron chi connectivity index (χ3n) is 3.71. The summed E-state index contributed by atoms with van der Waals surface area (Å²) >= 11 is 0. The second kappa shape index (κ2) is 11.5. The molecule has 0 aromatic heterocycles. The van der Waals surface area contributed by atoms with Gasteiger partial charge in [0.15, 0.2) is 0 Å². The lowest BCUT2D eigenvalue weighted by Crippen LogP contribution is -2.26. The zero-order valence-corrected chi connectivity index (χ0v) is 17.5. The van der Waals surface area contributed by atoms with E-state index in [-0.39, 0.29) is 23.2 Å². The molecule has 154 valence electrons. The minimum atomic E-state index is -3.80. The molecule has 0 bridgehead atoms. The Morgan fingerprint density at radius 1 is 1.07 bits per heavy atom. The molecular formula is C19H26ClN3O4S. The van der Waals surface area contributed by atoms with Crippen molar-refractivity contribution in [3.05, 3.63) is 54.1 Å². The molecule has 0 saturated heterocycles. The van der Waals surface area contributed by atoms with Crippen LogP contribution in [0.3, 0.4) is 0 Å². The predicted octanol–water partition coefficient (Wildman–Crippen LogP) is 2.65. The van der Waals surface area contributed by atoms with E-state index >= 15 is 0 Å². The van der Waals surface area contributed by atoms with Gasteiger partial charge in [0.25, 0.3) is 15.9 Å². The first-order chi connectivity index (χ1) is 13.0. The number of anilines is 1. The number of hydrogen-bond donors (Lipinski definition) is 3. The number of rotatable bonds is 10. The minimum absolute atomic E-state index is 0. The summed E-state index contributed by atoms with van der Waals surface area (Å²) in [6.45, 7) is 3.72. The van der Waals surface area contributed by atoms with Gasteiger partial charge in [0, 0.05) is 17.8 Å². The van der Waals surface area contributed by atoms with E-state index in [4.69, 9.17) is 4.74 Å². The number of carbonyl (C=O) groups excluding carboxylic acids is 1. The quantitative estimate of drug-likeness (QED) is 0.506. The van der Waals surface area contributed by atoms with Gasteiger partial charge in [-0.2, -0.15) is 0 Å². The number of ether oxygens (including phenoxy) is 1. The maximum Gasteiger partial charge on any atom is 0.261 e. The molecule has 0 saturated carbocycles. The minimum Gasteiger partial charge on any atom is -0.494 e. The van der Waals surface area contributed by atoms with Crippen LogP contribution in [0.4, 0.5) is 5.69 Å². The van der Waals surface area contributed by atoms with E-state index in [1.807, 2.05) is 14.0 Å². The van der Waals surface area contributed by atoms with Crippen LogP contribution in [0, 0.1) is 0 Å². The van der Waals surface area contributed by atoms with Crippen LogP contribution in [0.15, 0.2) is 53.4 Å². The van der Waals surface area contributed by atoms with E-state index in [0.29, 0.717) is 30.2 Å². The Bertz CT molecular complexity index is 858. The van der Waals surface area contributed by atoms with E-state index < -0.39 is 10.0 Å². The van der Waals surface area contributed by atoms with Crippen LogP contribution in [0.25, 0.3) is 0 Å². The molecule has 0 unspecified atom stereocenters. The molecule has 0 aliphatic heterocycles. The van der Waals surface area contributed by atoms with E-state index in [1.165, 1.54) is 12.1 Å². The lowest BCUT2D eigenvalue weighted by Gasteiger charge is -2.10. The zero-order valence-electron chi connectivity index (χ0n) is 15.9. The van der Waals surface area contributed by atoms with Crippen molar-refractivity contribution >= 4 is 34.0 Å². The summed E-state index contributed by atoms with van der Waals surface area (Å²) < 4.78 is 33.1. The second-order valence-corrected chi connectivity index (χ2v) is 7.49. The Balaban J connectivity index is 0.00000392. The molecule has 0 fully saturated rings. The second-order valence-electron chi connectivity index (χ2n) is 5.80. The highest BCUT2D eigenvalue weighted by atomic mass is 35.5. The fourth-order valence-corrected chi connectivity index (χ4v) is 3.48. The molecule has 0 atom stereocenters. The van der Waals surface area contributed by atoms with Gasteiger partial charge in [0.1, 0.15) is 5.75 Å². The van der Waals surface area contributed by atoms with E-state index in [1.54, 1.807) is 36.4 Å². The molecule has 7 nitrogen and oxygen atoms in total. The van der Waals surface area contributed by atoms with Crippen molar-refractivity contribution < 1.29 is 17.9 Å². The molecule has 0 radical (unpaired) electrons. The first kappa shape index (κ1) is 23.7. The van der Waals surface area contributed by atoms with Crippen LogP contribution in [0.1, 0.15) is 23.7 Å². The summed E-state index contributed by atoms with van der Waals surface area (Å²) in [5.41, 5.74) is 0.717. The Morgan fingerprint density at radius 2 is 1.79 bits per heavy atom. The average Bonchev–Trinajstić information content (AvgIpc) is 2.67. The highest BCUT2D eigenvalue weighted by Crippen LogP contribution is 2.20. The largest absolute Gasteiger partial charge is 0.494 e. The van der Waals surface area contributed by atoms with Gasteiger partial charge in [0.05, 0.1) is 11.5 Å². The number of halogens is 1. The van der Waals surface area contributed by atoms with Gasteiger partial charge in [-0.1, -0.05) is 6.07 Å². The van der Waals surface area contributed by atoms with E-state index in [2.05, 4.69) is 15.4 Å². The van der Waals surface area contributed by atoms with Gasteiger partial charge >= 0.3 is 0 Å². The molecule has 2 aromatic rings. The fraction of sp³-hybridized carbons (Fsp3) is 0.316. The SMILES string of the molecule is CCOc1ccc(NS(=O)(=O)c2cccc(C(=O)NCCCNC)c2)cc1.Cl. The van der Waals surface area contributed by atoms with Gasteiger partial charge in [0.2, 0.25) is 0 Å². The molecule has 9 heteroatoms. The molecule has 28 heavy (non-hydrogen) atoms. The Kier molecular flexibility index (Phi) is 9.78. The van der Waals surface area contributed by atoms with E-state index in [9.17, 15) is 13.2 Å². The van der Waals surface area contributed by atoms with Crippen LogP contribution in [0.2, 0.25) is 0 Å². The van der Waals surface area contributed by atoms with Crippen molar-refractivity contribution in [2.75, 3.05) is 31.5 Å². The number of carbonyl (C=O) groups is 1. The lowest BCUT2D eigenvalue weighted by molar-refractivity contribution is 0.0953. The Hall–Kier alpha value is -2.29.